The Hall–Kier alpha value is -2.64. The molecule has 0 spiro atoms. The largest absolute Gasteiger partial charge is 0.448 e. The molecule has 8 heteroatoms. The van der Waals surface area contributed by atoms with Gasteiger partial charge in [0.25, 0.3) is 0 Å². The maximum atomic E-state index is 12.9. The first-order valence-corrected chi connectivity index (χ1v) is 9.01. The van der Waals surface area contributed by atoms with Crippen LogP contribution in [-0.2, 0) is 20.9 Å². The maximum Gasteiger partial charge on any atom is 0.410 e. The molecule has 0 radical (unpaired) electrons. The number of pyridine rings is 1. The molecule has 0 unspecified atom stereocenters. The number of fused-ring (bicyclic) bond motifs is 4. The average molecular weight is 358 g/mol. The number of nitrogens with zero attached hydrogens (tertiary/aromatic N) is 4. The summed E-state index contributed by atoms with van der Waals surface area (Å²) in [5.74, 6) is -0.192. The Morgan fingerprint density at radius 3 is 2.85 bits per heavy atom. The third kappa shape index (κ3) is 3.23. The molecule has 1 aromatic heterocycles. The molecule has 0 aliphatic carbocycles. The number of aromatic nitrogens is 1. The monoisotopic (exact) mass is 358 g/mol. The van der Waals surface area contributed by atoms with Crippen LogP contribution in [0, 0.1) is 5.92 Å². The third-order valence-electron chi connectivity index (χ3n) is 5.38. The molecule has 26 heavy (non-hydrogen) atoms. The van der Waals surface area contributed by atoms with Crippen LogP contribution in [0.4, 0.5) is 4.79 Å². The highest BCUT2D eigenvalue weighted by atomic mass is 16.6. The van der Waals surface area contributed by atoms with Crippen LogP contribution in [0.2, 0.25) is 0 Å². The van der Waals surface area contributed by atoms with Crippen molar-refractivity contribution in [3.8, 4) is 0 Å². The lowest BCUT2D eigenvalue weighted by molar-refractivity contribution is -0.140. The summed E-state index contributed by atoms with van der Waals surface area (Å²) in [5.41, 5.74) is 0.853. The van der Waals surface area contributed by atoms with Crippen LogP contribution in [0.15, 0.2) is 24.4 Å². The van der Waals surface area contributed by atoms with Crippen molar-refractivity contribution in [3.63, 3.8) is 0 Å². The Morgan fingerprint density at radius 1 is 1.23 bits per heavy atom. The van der Waals surface area contributed by atoms with Crippen LogP contribution in [0.25, 0.3) is 0 Å². The van der Waals surface area contributed by atoms with E-state index in [-0.39, 0.29) is 30.3 Å². The van der Waals surface area contributed by atoms with Gasteiger partial charge in [-0.25, -0.2) is 4.79 Å². The molecule has 1 aromatic rings. The molecular formula is C18H22N4O4. The van der Waals surface area contributed by atoms with Gasteiger partial charge in [0.1, 0.15) is 13.2 Å². The molecule has 0 saturated carbocycles. The molecule has 3 amide bonds. The van der Waals surface area contributed by atoms with Gasteiger partial charge in [-0.2, -0.15) is 0 Å². The number of piperidine rings is 1. The zero-order chi connectivity index (χ0) is 18.1. The molecule has 0 aromatic carbocycles. The Kier molecular flexibility index (Phi) is 4.48. The van der Waals surface area contributed by atoms with Crippen LogP contribution in [0.5, 0.6) is 0 Å². The average Bonchev–Trinajstić information content (AvgIpc) is 2.87. The summed E-state index contributed by atoms with van der Waals surface area (Å²) in [6.45, 7) is 2.20. The zero-order valence-electron chi connectivity index (χ0n) is 14.5. The van der Waals surface area contributed by atoms with Crippen molar-refractivity contribution in [2.75, 3.05) is 32.8 Å². The summed E-state index contributed by atoms with van der Waals surface area (Å²) in [6.07, 6.45) is 2.97. The van der Waals surface area contributed by atoms with E-state index in [0.29, 0.717) is 32.8 Å². The fourth-order valence-electron chi connectivity index (χ4n) is 3.95. The summed E-state index contributed by atoms with van der Waals surface area (Å²) in [6, 6.07) is 5.67. The maximum absolute atomic E-state index is 12.9. The van der Waals surface area contributed by atoms with Gasteiger partial charge in [0.05, 0.1) is 24.7 Å². The number of carbonyl (C=O) groups excluding carboxylic acids is 3. The van der Waals surface area contributed by atoms with E-state index < -0.39 is 6.09 Å². The molecule has 2 bridgehead atoms. The predicted octanol–water partition coefficient (Wildman–Crippen LogP) is 0.483. The van der Waals surface area contributed by atoms with Gasteiger partial charge in [-0.1, -0.05) is 6.07 Å². The number of hydrogen-bond donors (Lipinski definition) is 0. The first kappa shape index (κ1) is 16.8. The van der Waals surface area contributed by atoms with Crippen molar-refractivity contribution in [1.82, 2.24) is 19.7 Å². The Balaban J connectivity index is 1.46. The molecule has 8 nitrogen and oxygen atoms in total. The Bertz CT molecular complexity index is 710. The van der Waals surface area contributed by atoms with Crippen molar-refractivity contribution in [3.05, 3.63) is 30.1 Å². The van der Waals surface area contributed by atoms with Gasteiger partial charge in [0.2, 0.25) is 11.8 Å². The quantitative estimate of drug-likeness (QED) is 0.782. The van der Waals surface area contributed by atoms with Gasteiger partial charge in [0.15, 0.2) is 0 Å². The minimum absolute atomic E-state index is 0.00210. The summed E-state index contributed by atoms with van der Waals surface area (Å²) < 4.78 is 4.88. The fourth-order valence-corrected chi connectivity index (χ4v) is 3.95. The van der Waals surface area contributed by atoms with Crippen LogP contribution in [-0.4, -0.2) is 76.4 Å². The molecule has 4 aliphatic heterocycles. The summed E-state index contributed by atoms with van der Waals surface area (Å²) in [4.78, 5) is 46.4. The van der Waals surface area contributed by atoms with Gasteiger partial charge in [-0.05, 0) is 25.0 Å². The number of rotatable bonds is 4. The predicted molar refractivity (Wildman–Crippen MR) is 90.8 cm³/mol. The van der Waals surface area contributed by atoms with E-state index in [9.17, 15) is 14.4 Å². The lowest BCUT2D eigenvalue weighted by Gasteiger charge is -2.35. The van der Waals surface area contributed by atoms with Crippen LogP contribution in [0.3, 0.4) is 0 Å². The summed E-state index contributed by atoms with van der Waals surface area (Å²) in [7, 11) is 0. The van der Waals surface area contributed by atoms with E-state index in [2.05, 4.69) is 4.98 Å². The molecule has 138 valence electrons. The molecule has 0 N–H and O–H groups in total. The highest BCUT2D eigenvalue weighted by Crippen LogP contribution is 2.30. The first-order valence-electron chi connectivity index (χ1n) is 9.01. The van der Waals surface area contributed by atoms with E-state index >= 15 is 0 Å². The van der Waals surface area contributed by atoms with Crippen molar-refractivity contribution < 1.29 is 19.1 Å². The van der Waals surface area contributed by atoms with Gasteiger partial charge in [-0.15, -0.1) is 0 Å². The Morgan fingerprint density at radius 2 is 2.12 bits per heavy atom. The number of carbonyl (C=O) groups is 3. The topological polar surface area (TPSA) is 83.1 Å². The van der Waals surface area contributed by atoms with Crippen LogP contribution in [0.1, 0.15) is 18.5 Å². The van der Waals surface area contributed by atoms with Gasteiger partial charge in [-0.3, -0.25) is 19.5 Å². The van der Waals surface area contributed by atoms with E-state index in [4.69, 9.17) is 4.74 Å². The van der Waals surface area contributed by atoms with Crippen LogP contribution < -0.4 is 0 Å². The second kappa shape index (κ2) is 6.93. The lowest BCUT2D eigenvalue weighted by atomic mass is 9.94. The highest BCUT2D eigenvalue weighted by Gasteiger charge is 2.42. The number of ether oxygens (including phenoxy) is 1. The molecule has 5 rings (SSSR count). The van der Waals surface area contributed by atoms with Crippen molar-refractivity contribution in [2.24, 2.45) is 5.92 Å². The van der Waals surface area contributed by atoms with Crippen molar-refractivity contribution in [1.29, 1.82) is 0 Å². The number of amides is 3. The van der Waals surface area contributed by atoms with Crippen LogP contribution >= 0.6 is 0 Å². The molecule has 4 fully saturated rings. The number of cyclic esters (lactones) is 1. The second-order valence-electron chi connectivity index (χ2n) is 7.05. The first-order chi connectivity index (χ1) is 12.6. The molecule has 2 atom stereocenters. The minimum Gasteiger partial charge on any atom is -0.448 e. The van der Waals surface area contributed by atoms with Gasteiger partial charge < -0.3 is 14.5 Å². The SMILES string of the molecule is O=C(CN1CCOC1=O)N1C[C@H]2CC[C@@H](C1)N(Cc1ccccn1)C2=O. The summed E-state index contributed by atoms with van der Waals surface area (Å²) >= 11 is 0. The van der Waals surface area contributed by atoms with E-state index in [1.807, 2.05) is 23.1 Å². The Labute approximate surface area is 151 Å². The highest BCUT2D eigenvalue weighted by molar-refractivity contribution is 5.85. The summed E-state index contributed by atoms with van der Waals surface area (Å²) in [5, 5.41) is 0. The zero-order valence-corrected chi connectivity index (χ0v) is 14.5. The number of hydrogen-bond acceptors (Lipinski definition) is 5. The minimum atomic E-state index is -0.441. The standard InChI is InChI=1S/C18H22N4O4/c23-16(12-20-7-8-26-18(20)25)21-9-13-4-5-15(11-21)22(17(13)24)10-14-3-1-2-6-19-14/h1-3,6,13,15H,4-5,7-12H2/t13-,15+/m1/s1. The van der Waals surface area contributed by atoms with Gasteiger partial charge >= 0.3 is 6.09 Å². The molecule has 4 saturated heterocycles. The van der Waals surface area contributed by atoms with Gasteiger partial charge in [0, 0.05) is 25.3 Å². The fraction of sp³-hybridized carbons (Fsp3) is 0.556. The van der Waals surface area contributed by atoms with Crippen molar-refractivity contribution >= 4 is 17.9 Å². The van der Waals surface area contributed by atoms with E-state index in [0.717, 1.165) is 18.5 Å². The molecule has 5 heterocycles. The van der Waals surface area contributed by atoms with Crippen molar-refractivity contribution in [2.45, 2.75) is 25.4 Å². The molecular weight excluding hydrogens is 336 g/mol. The second-order valence-corrected chi connectivity index (χ2v) is 7.05. The van der Waals surface area contributed by atoms with E-state index in [1.165, 1.54) is 4.90 Å². The third-order valence-corrected chi connectivity index (χ3v) is 5.38. The smallest absolute Gasteiger partial charge is 0.410 e. The molecule has 4 aliphatic rings. The normalized spacial score (nSPS) is 25.5. The lowest BCUT2D eigenvalue weighted by Crippen LogP contribution is -2.48. The van der Waals surface area contributed by atoms with E-state index in [1.54, 1.807) is 11.1 Å².